The first kappa shape index (κ1) is 14.8. The lowest BCUT2D eigenvalue weighted by Crippen LogP contribution is -2.02. The smallest absolute Gasteiger partial charge is 0.339 e. The number of ether oxygens (including phenoxy) is 1. The number of aromatic carboxylic acids is 1. The molecule has 0 unspecified atom stereocenters. The lowest BCUT2D eigenvalue weighted by Gasteiger charge is -2.10. The summed E-state index contributed by atoms with van der Waals surface area (Å²) < 4.78 is 5.09. The van der Waals surface area contributed by atoms with Gasteiger partial charge in [0.2, 0.25) is 0 Å². The normalized spacial score (nSPS) is 10.2. The molecule has 2 N–H and O–H groups in total. The van der Waals surface area contributed by atoms with Gasteiger partial charge < -0.3 is 15.2 Å². The van der Waals surface area contributed by atoms with Gasteiger partial charge in [-0.1, -0.05) is 13.3 Å². The second kappa shape index (κ2) is 6.69. The predicted octanol–water partition coefficient (Wildman–Crippen LogP) is 2.88. The molecule has 0 atom stereocenters. The van der Waals surface area contributed by atoms with Crippen molar-refractivity contribution in [2.45, 2.75) is 19.8 Å². The first-order valence-electron chi connectivity index (χ1n) is 6.63. The maximum atomic E-state index is 11.0. The van der Waals surface area contributed by atoms with Gasteiger partial charge in [0.15, 0.2) is 0 Å². The third-order valence-corrected chi connectivity index (χ3v) is 2.93. The lowest BCUT2D eigenvalue weighted by atomic mass is 10.2. The van der Waals surface area contributed by atoms with Gasteiger partial charge in [-0.05, 0) is 18.6 Å². The Labute approximate surface area is 122 Å². The molecule has 6 nitrogen and oxygen atoms in total. The molecule has 6 heteroatoms. The van der Waals surface area contributed by atoms with E-state index in [4.69, 9.17) is 9.84 Å². The third-order valence-electron chi connectivity index (χ3n) is 2.93. The summed E-state index contributed by atoms with van der Waals surface area (Å²) in [4.78, 5) is 19.4. The number of aromatic nitrogens is 2. The molecule has 0 aliphatic rings. The minimum Gasteiger partial charge on any atom is -0.496 e. The quantitative estimate of drug-likeness (QED) is 0.849. The Balaban J connectivity index is 2.23. The molecule has 0 saturated carbocycles. The number of rotatable bonds is 6. The summed E-state index contributed by atoms with van der Waals surface area (Å²) in [5.74, 6) is -0.0559. The van der Waals surface area contributed by atoms with E-state index in [0.29, 0.717) is 17.3 Å². The molecule has 0 aliphatic carbocycles. The number of anilines is 2. The molecule has 0 saturated heterocycles. The Bertz CT molecular complexity index is 644. The van der Waals surface area contributed by atoms with Crippen LogP contribution in [0.1, 0.15) is 29.4 Å². The van der Waals surface area contributed by atoms with Crippen molar-refractivity contribution in [3.8, 4) is 5.75 Å². The van der Waals surface area contributed by atoms with Gasteiger partial charge in [0, 0.05) is 23.5 Å². The highest BCUT2D eigenvalue weighted by atomic mass is 16.5. The Morgan fingerprint density at radius 3 is 2.81 bits per heavy atom. The van der Waals surface area contributed by atoms with Crippen molar-refractivity contribution < 1.29 is 14.6 Å². The van der Waals surface area contributed by atoms with Crippen LogP contribution in [0.4, 0.5) is 11.5 Å². The number of carbonyl (C=O) groups is 1. The van der Waals surface area contributed by atoms with E-state index >= 15 is 0 Å². The summed E-state index contributed by atoms with van der Waals surface area (Å²) in [5.41, 5.74) is 1.79. The number of nitrogens with zero attached hydrogens (tertiary/aromatic N) is 2. The van der Waals surface area contributed by atoms with Crippen molar-refractivity contribution in [3.05, 3.63) is 41.9 Å². The van der Waals surface area contributed by atoms with Crippen LogP contribution in [-0.4, -0.2) is 28.2 Å². The van der Waals surface area contributed by atoms with Crippen molar-refractivity contribution in [3.63, 3.8) is 0 Å². The van der Waals surface area contributed by atoms with E-state index < -0.39 is 5.97 Å². The van der Waals surface area contributed by atoms with E-state index in [1.165, 1.54) is 19.5 Å². The highest BCUT2D eigenvalue weighted by Crippen LogP contribution is 2.25. The summed E-state index contributed by atoms with van der Waals surface area (Å²) in [6.45, 7) is 2.09. The first-order chi connectivity index (χ1) is 10.1. The molecule has 0 radical (unpaired) electrons. The average molecular weight is 287 g/mol. The van der Waals surface area contributed by atoms with Crippen molar-refractivity contribution in [1.82, 2.24) is 9.97 Å². The number of carboxylic acids is 1. The van der Waals surface area contributed by atoms with Crippen LogP contribution in [0.15, 0.2) is 30.6 Å². The number of hydrogen-bond acceptors (Lipinski definition) is 5. The van der Waals surface area contributed by atoms with Crippen LogP contribution in [0.5, 0.6) is 5.75 Å². The molecule has 0 bridgehead atoms. The highest BCUT2D eigenvalue weighted by molar-refractivity contribution is 5.91. The monoisotopic (exact) mass is 287 g/mol. The van der Waals surface area contributed by atoms with Crippen molar-refractivity contribution >= 4 is 17.5 Å². The van der Waals surface area contributed by atoms with Crippen LogP contribution < -0.4 is 10.1 Å². The summed E-state index contributed by atoms with van der Waals surface area (Å²) in [6, 6.07) is 6.68. The van der Waals surface area contributed by atoms with Crippen LogP contribution in [0, 0.1) is 0 Å². The molecule has 1 heterocycles. The van der Waals surface area contributed by atoms with Gasteiger partial charge >= 0.3 is 5.97 Å². The average Bonchev–Trinajstić information content (AvgIpc) is 2.47. The predicted molar refractivity (Wildman–Crippen MR) is 79.3 cm³/mol. The van der Waals surface area contributed by atoms with Crippen LogP contribution in [-0.2, 0) is 6.42 Å². The van der Waals surface area contributed by atoms with Crippen LogP contribution in [0.2, 0.25) is 0 Å². The van der Waals surface area contributed by atoms with Gasteiger partial charge in [0.05, 0.1) is 7.11 Å². The summed E-state index contributed by atoms with van der Waals surface area (Å²) >= 11 is 0. The fourth-order valence-electron chi connectivity index (χ4n) is 1.95. The minimum atomic E-state index is -1.02. The van der Waals surface area contributed by atoms with Gasteiger partial charge in [-0.2, -0.15) is 0 Å². The molecule has 1 aromatic carbocycles. The van der Waals surface area contributed by atoms with Crippen molar-refractivity contribution in [1.29, 1.82) is 0 Å². The lowest BCUT2D eigenvalue weighted by molar-refractivity contribution is 0.0693. The fourth-order valence-corrected chi connectivity index (χ4v) is 1.95. The van der Waals surface area contributed by atoms with E-state index in [9.17, 15) is 4.79 Å². The maximum absolute atomic E-state index is 11.0. The second-order valence-corrected chi connectivity index (χ2v) is 4.49. The van der Waals surface area contributed by atoms with E-state index in [0.717, 1.165) is 18.5 Å². The number of nitrogens with one attached hydrogen (secondary N) is 1. The Kier molecular flexibility index (Phi) is 4.71. The molecule has 0 amide bonds. The molecule has 0 spiro atoms. The van der Waals surface area contributed by atoms with Crippen LogP contribution in [0.3, 0.4) is 0 Å². The molecule has 0 fully saturated rings. The zero-order chi connectivity index (χ0) is 15.2. The van der Waals surface area contributed by atoms with E-state index in [-0.39, 0.29) is 5.56 Å². The number of aryl methyl sites for hydroxylation is 1. The first-order valence-corrected chi connectivity index (χ1v) is 6.63. The molecule has 2 rings (SSSR count). The molecule has 1 aromatic heterocycles. The number of methoxy groups -OCH3 is 1. The maximum Gasteiger partial charge on any atom is 0.339 e. The van der Waals surface area contributed by atoms with E-state index in [2.05, 4.69) is 22.2 Å². The minimum absolute atomic E-state index is 0.123. The summed E-state index contributed by atoms with van der Waals surface area (Å²) in [7, 11) is 1.44. The van der Waals surface area contributed by atoms with Gasteiger partial charge in [-0.15, -0.1) is 0 Å². The Hall–Kier alpha value is -2.63. The zero-order valence-corrected chi connectivity index (χ0v) is 12.0. The van der Waals surface area contributed by atoms with Crippen molar-refractivity contribution in [2.75, 3.05) is 12.4 Å². The third kappa shape index (κ3) is 3.68. The molecule has 0 aliphatic heterocycles. The molecular weight excluding hydrogens is 270 g/mol. The van der Waals surface area contributed by atoms with Crippen molar-refractivity contribution in [2.24, 2.45) is 0 Å². The van der Waals surface area contributed by atoms with E-state index in [1.807, 2.05) is 6.07 Å². The van der Waals surface area contributed by atoms with Gasteiger partial charge in [-0.3, -0.25) is 0 Å². The topological polar surface area (TPSA) is 84.3 Å². The number of hydrogen-bond donors (Lipinski definition) is 2. The summed E-state index contributed by atoms with van der Waals surface area (Å²) in [6.07, 6.45) is 3.41. The largest absolute Gasteiger partial charge is 0.496 e. The SMILES string of the molecule is CCCc1cc(Nc2ccc(C(=O)O)c(OC)c2)ncn1. The van der Waals surface area contributed by atoms with Crippen LogP contribution >= 0.6 is 0 Å². The number of carboxylic acid groups (broad SMARTS) is 1. The second-order valence-electron chi connectivity index (χ2n) is 4.49. The van der Waals surface area contributed by atoms with Crippen LogP contribution in [0.25, 0.3) is 0 Å². The molecular formula is C15H17N3O3. The highest BCUT2D eigenvalue weighted by Gasteiger charge is 2.11. The van der Waals surface area contributed by atoms with Gasteiger partial charge in [0.25, 0.3) is 0 Å². The zero-order valence-electron chi connectivity index (χ0n) is 12.0. The molecule has 110 valence electrons. The Morgan fingerprint density at radius 2 is 2.14 bits per heavy atom. The van der Waals surface area contributed by atoms with E-state index in [1.54, 1.807) is 12.1 Å². The fraction of sp³-hybridized carbons (Fsp3) is 0.267. The Morgan fingerprint density at radius 1 is 1.33 bits per heavy atom. The standard InChI is InChI=1S/C15H17N3O3/c1-3-4-10-8-14(17-9-16-10)18-11-5-6-12(15(19)20)13(7-11)21-2/h5-9H,3-4H2,1-2H3,(H,19,20)(H,16,17,18). The molecule has 21 heavy (non-hydrogen) atoms. The van der Waals surface area contributed by atoms with Gasteiger partial charge in [-0.25, -0.2) is 14.8 Å². The summed E-state index contributed by atoms with van der Waals surface area (Å²) in [5, 5.41) is 12.2. The number of benzene rings is 1. The molecule has 2 aromatic rings. The van der Waals surface area contributed by atoms with Gasteiger partial charge in [0.1, 0.15) is 23.5 Å².